The van der Waals surface area contributed by atoms with Gasteiger partial charge in [-0.05, 0) is 24.3 Å². The summed E-state index contributed by atoms with van der Waals surface area (Å²) in [5, 5.41) is 4.26. The maximum atomic E-state index is 12.3. The molecule has 0 bridgehead atoms. The Morgan fingerprint density at radius 3 is 1.86 bits per heavy atom. The zero-order valence-electron chi connectivity index (χ0n) is 11.7. The van der Waals surface area contributed by atoms with Crippen LogP contribution in [-0.4, -0.2) is 53.7 Å². The third kappa shape index (κ3) is 3.18. The maximum Gasteiger partial charge on any atom is 0.243 e. The Labute approximate surface area is 129 Å². The molecule has 1 saturated heterocycles. The van der Waals surface area contributed by atoms with Crippen molar-refractivity contribution in [1.29, 1.82) is 0 Å². The zero-order valence-corrected chi connectivity index (χ0v) is 14.2. The van der Waals surface area contributed by atoms with Crippen LogP contribution in [0.3, 0.4) is 0 Å². The topological polar surface area (TPSA) is 132 Å². The summed E-state index contributed by atoms with van der Waals surface area (Å²) in [6.07, 6.45) is 0. The molecule has 0 radical (unpaired) electrons. The summed E-state index contributed by atoms with van der Waals surface area (Å²) in [4.78, 5) is -0.297. The minimum atomic E-state index is -3.90. The first-order valence-electron chi connectivity index (χ1n) is 6.33. The molecule has 1 fully saturated rings. The Morgan fingerprint density at radius 1 is 1.00 bits per heavy atom. The summed E-state index contributed by atoms with van der Waals surface area (Å²) in [6, 6.07) is 4.47. The minimum absolute atomic E-state index is 0.0331. The van der Waals surface area contributed by atoms with Crippen molar-refractivity contribution in [2.45, 2.75) is 22.0 Å². The van der Waals surface area contributed by atoms with Crippen LogP contribution in [0.1, 0.15) is 6.92 Å². The molecule has 124 valence electrons. The van der Waals surface area contributed by atoms with Crippen molar-refractivity contribution in [1.82, 2.24) is 4.31 Å². The molecule has 0 spiro atoms. The highest BCUT2D eigenvalue weighted by Gasteiger charge is 2.42. The molecule has 8 nitrogen and oxygen atoms in total. The molecule has 2 rings (SSSR count). The number of primary sulfonamides is 1. The molecular formula is C11H16N2O6S3. The van der Waals surface area contributed by atoms with E-state index in [1.807, 2.05) is 0 Å². The Balaban J connectivity index is 2.20. The summed E-state index contributed by atoms with van der Waals surface area (Å²) in [7, 11) is -11.0. The van der Waals surface area contributed by atoms with Crippen molar-refractivity contribution < 1.29 is 25.3 Å². The lowest BCUT2D eigenvalue weighted by atomic mass is 10.3. The lowest BCUT2D eigenvalue weighted by molar-refractivity contribution is 0.310. The molecule has 0 atom stereocenters. The number of benzene rings is 1. The molecule has 0 unspecified atom stereocenters. The molecule has 1 aliphatic heterocycles. The highest BCUT2D eigenvalue weighted by Crippen LogP contribution is 2.26. The Kier molecular flexibility index (Phi) is 4.39. The molecule has 22 heavy (non-hydrogen) atoms. The Morgan fingerprint density at radius 2 is 1.45 bits per heavy atom. The first kappa shape index (κ1) is 17.3. The predicted molar refractivity (Wildman–Crippen MR) is 79.8 cm³/mol. The van der Waals surface area contributed by atoms with Crippen LogP contribution in [0, 0.1) is 0 Å². The average Bonchev–Trinajstić information content (AvgIpc) is 2.35. The summed E-state index contributed by atoms with van der Waals surface area (Å²) in [5.41, 5.74) is 0. The number of sulfonamides is 2. The minimum Gasteiger partial charge on any atom is -0.228 e. The molecule has 0 aromatic heterocycles. The van der Waals surface area contributed by atoms with Gasteiger partial charge in [0.05, 0.1) is 15.0 Å². The van der Waals surface area contributed by atoms with Crippen LogP contribution >= 0.6 is 0 Å². The number of sulfone groups is 1. The second kappa shape index (κ2) is 5.57. The van der Waals surface area contributed by atoms with Crippen LogP contribution in [0.5, 0.6) is 0 Å². The Hall–Kier alpha value is -1.01. The molecule has 2 N–H and O–H groups in total. The molecule has 0 saturated carbocycles. The van der Waals surface area contributed by atoms with Crippen LogP contribution < -0.4 is 5.14 Å². The maximum absolute atomic E-state index is 12.3. The molecule has 1 aromatic carbocycles. The third-order valence-electron chi connectivity index (χ3n) is 3.51. The van der Waals surface area contributed by atoms with Gasteiger partial charge in [-0.2, -0.15) is 4.31 Å². The normalized spacial score (nSPS) is 18.1. The largest absolute Gasteiger partial charge is 0.243 e. The van der Waals surface area contributed by atoms with Gasteiger partial charge >= 0.3 is 0 Å². The average molecular weight is 368 g/mol. The monoisotopic (exact) mass is 368 g/mol. The summed E-state index contributed by atoms with van der Waals surface area (Å²) < 4.78 is 71.2. The number of nitrogens with zero attached hydrogens (tertiary/aromatic N) is 1. The fourth-order valence-electron chi connectivity index (χ4n) is 2.01. The fraction of sp³-hybridized carbons (Fsp3) is 0.455. The quantitative estimate of drug-likeness (QED) is 0.719. The van der Waals surface area contributed by atoms with Crippen molar-refractivity contribution in [2.75, 3.05) is 18.8 Å². The highest BCUT2D eigenvalue weighted by atomic mass is 32.2. The summed E-state index contributed by atoms with van der Waals surface area (Å²) >= 11 is 0. The van der Waals surface area contributed by atoms with Crippen LogP contribution in [-0.2, 0) is 29.9 Å². The van der Waals surface area contributed by atoms with Gasteiger partial charge in [0, 0.05) is 18.8 Å². The molecule has 0 aliphatic carbocycles. The van der Waals surface area contributed by atoms with Crippen LogP contribution in [0.2, 0.25) is 0 Å². The first-order chi connectivity index (χ1) is 9.98. The van der Waals surface area contributed by atoms with Crippen molar-refractivity contribution >= 4 is 29.9 Å². The van der Waals surface area contributed by atoms with Gasteiger partial charge in [0.15, 0.2) is 9.84 Å². The first-order valence-corrected chi connectivity index (χ1v) is 11.0. The highest BCUT2D eigenvalue weighted by molar-refractivity contribution is 7.92. The van der Waals surface area contributed by atoms with Crippen molar-refractivity contribution in [3.8, 4) is 0 Å². The van der Waals surface area contributed by atoms with E-state index >= 15 is 0 Å². The molecular weight excluding hydrogens is 352 g/mol. The van der Waals surface area contributed by atoms with Crippen LogP contribution in [0.15, 0.2) is 34.1 Å². The van der Waals surface area contributed by atoms with E-state index in [1.54, 1.807) is 0 Å². The molecule has 1 heterocycles. The second-order valence-electron chi connectivity index (χ2n) is 4.91. The van der Waals surface area contributed by atoms with Crippen LogP contribution in [0.25, 0.3) is 0 Å². The smallest absolute Gasteiger partial charge is 0.228 e. The van der Waals surface area contributed by atoms with Gasteiger partial charge in [-0.15, -0.1) is 0 Å². The van der Waals surface area contributed by atoms with E-state index in [0.29, 0.717) is 0 Å². The zero-order chi connectivity index (χ0) is 16.8. The molecule has 0 amide bonds. The van der Waals surface area contributed by atoms with Gasteiger partial charge in [0.25, 0.3) is 0 Å². The number of rotatable bonds is 5. The fourth-order valence-corrected chi connectivity index (χ4v) is 5.53. The van der Waals surface area contributed by atoms with E-state index in [4.69, 9.17) is 5.14 Å². The predicted octanol–water partition coefficient (Wildman–Crippen LogP) is -0.858. The van der Waals surface area contributed by atoms with E-state index in [0.717, 1.165) is 28.6 Å². The van der Waals surface area contributed by atoms with Gasteiger partial charge in [0.1, 0.15) is 0 Å². The van der Waals surface area contributed by atoms with Gasteiger partial charge < -0.3 is 0 Å². The second-order valence-corrected chi connectivity index (χ2v) is 11.0. The number of nitrogens with two attached hydrogens (primary N) is 1. The standard InChI is InChI=1S/C11H16N2O6S3/c1-2-20(14,15)11-7-13(8-11)22(18,19)10-5-3-9(4-6-10)21(12,16)17/h3-6,11H,2,7-8H2,1H3,(H2,12,16,17). The Bertz CT molecular complexity index is 866. The molecule has 11 heteroatoms. The summed E-state index contributed by atoms with van der Waals surface area (Å²) in [5.74, 6) is -0.0331. The third-order valence-corrected chi connectivity index (χ3v) is 8.41. The summed E-state index contributed by atoms with van der Waals surface area (Å²) in [6.45, 7) is 1.34. The van der Waals surface area contributed by atoms with E-state index in [1.165, 1.54) is 6.92 Å². The lowest BCUT2D eigenvalue weighted by Gasteiger charge is -2.37. The molecule has 1 aliphatic rings. The number of hydrogen-bond acceptors (Lipinski definition) is 6. The van der Waals surface area contributed by atoms with Gasteiger partial charge in [0.2, 0.25) is 20.0 Å². The van der Waals surface area contributed by atoms with Crippen molar-refractivity contribution in [3.05, 3.63) is 24.3 Å². The van der Waals surface area contributed by atoms with E-state index in [9.17, 15) is 25.3 Å². The van der Waals surface area contributed by atoms with Gasteiger partial charge in [-0.3, -0.25) is 0 Å². The SMILES string of the molecule is CCS(=O)(=O)C1CN(S(=O)(=O)c2ccc(S(N)(=O)=O)cc2)C1. The number of hydrogen-bond donors (Lipinski definition) is 1. The van der Waals surface area contributed by atoms with Gasteiger partial charge in [-0.1, -0.05) is 6.92 Å². The van der Waals surface area contributed by atoms with Crippen LogP contribution in [0.4, 0.5) is 0 Å². The lowest BCUT2D eigenvalue weighted by Crippen LogP contribution is -2.57. The molecule has 1 aromatic rings. The van der Waals surface area contributed by atoms with E-state index in [2.05, 4.69) is 0 Å². The van der Waals surface area contributed by atoms with E-state index < -0.39 is 35.1 Å². The van der Waals surface area contributed by atoms with E-state index in [-0.39, 0.29) is 28.6 Å². The van der Waals surface area contributed by atoms with Crippen molar-refractivity contribution in [2.24, 2.45) is 5.14 Å². The van der Waals surface area contributed by atoms with Crippen molar-refractivity contribution in [3.63, 3.8) is 0 Å². The van der Waals surface area contributed by atoms with Gasteiger partial charge in [-0.25, -0.2) is 30.4 Å².